The van der Waals surface area contributed by atoms with E-state index in [4.69, 9.17) is 23.1 Å². The lowest BCUT2D eigenvalue weighted by molar-refractivity contribution is -0.160. The van der Waals surface area contributed by atoms with Crippen LogP contribution in [0.4, 0.5) is 5.69 Å². The van der Waals surface area contributed by atoms with Gasteiger partial charge in [0.25, 0.3) is 11.7 Å². The average Bonchev–Trinajstić information content (AvgIpc) is 3.48. The number of allylic oxidation sites excluding steroid dienone is 2. The number of ether oxygens (including phenoxy) is 4. The minimum Gasteiger partial charge on any atom is -0.507 e. The van der Waals surface area contributed by atoms with Crippen molar-refractivity contribution in [2.45, 2.75) is 85.6 Å². The molecule has 6 rings (SSSR count). The number of nitrogens with zero attached hydrogens (tertiary/aromatic N) is 3. The highest BCUT2D eigenvalue weighted by Crippen LogP contribution is 2.55. The van der Waals surface area contributed by atoms with E-state index in [1.807, 2.05) is 0 Å². The number of phenolic OH excluding ortho intramolecular Hbond substituents is 3. The number of hydrogen-bond acceptors (Lipinski definition) is 15. The minimum absolute atomic E-state index is 0.00936. The summed E-state index contributed by atoms with van der Waals surface area (Å²) >= 11 is 0. The van der Waals surface area contributed by atoms with E-state index in [1.165, 1.54) is 58.1 Å². The number of likely N-dealkylation sites (N-methyl/N-ethyl adjacent to an activating group) is 1. The van der Waals surface area contributed by atoms with Gasteiger partial charge in [0.1, 0.15) is 23.4 Å². The lowest BCUT2D eigenvalue weighted by atomic mass is 9.78. The average molecular weight is 826 g/mol. The van der Waals surface area contributed by atoms with Crippen molar-refractivity contribution in [1.29, 1.82) is 0 Å². The summed E-state index contributed by atoms with van der Waals surface area (Å²) in [6, 6.07) is 0. The van der Waals surface area contributed by atoms with Crippen LogP contribution in [0.2, 0.25) is 0 Å². The fourth-order valence-electron chi connectivity index (χ4n) is 7.82. The van der Waals surface area contributed by atoms with E-state index >= 15 is 0 Å². The van der Waals surface area contributed by atoms with E-state index in [2.05, 4.69) is 10.4 Å². The molecule has 1 fully saturated rings. The molecule has 4 heterocycles. The first-order chi connectivity index (χ1) is 28.9. The first-order valence-electron chi connectivity index (χ1n) is 21.1. The molecule has 0 radical (unpaired) electrons. The van der Waals surface area contributed by atoms with Crippen LogP contribution in [0.1, 0.15) is 74.1 Å². The topological polar surface area (TPSA) is 220 Å². The highest BCUT2D eigenvalue weighted by molar-refractivity contribution is 6.23. The third kappa shape index (κ3) is 8.91. The number of amides is 1. The van der Waals surface area contributed by atoms with Gasteiger partial charge in [0.15, 0.2) is 5.75 Å². The number of benzene rings is 2. The van der Waals surface area contributed by atoms with Gasteiger partial charge >= 0.3 is 11.8 Å². The maximum absolute atomic E-state index is 14.5. The summed E-state index contributed by atoms with van der Waals surface area (Å²) in [5, 5.41) is 66.4. The van der Waals surface area contributed by atoms with Crippen molar-refractivity contribution in [2.24, 2.45) is 28.8 Å². The number of phenols is 3. The lowest BCUT2D eigenvalue weighted by Crippen LogP contribution is -2.46. The maximum atomic E-state index is 14.5. The molecule has 5 bridgehead atoms. The molecule has 16 nitrogen and oxygen atoms in total. The number of Topliss-reactive ketones (excluding diaryl/α,β-unsaturated/α-hetero) is 1. The number of fused-ring (bicyclic) bond motifs is 14. The van der Waals surface area contributed by atoms with Gasteiger partial charge in [-0.25, -0.2) is 0 Å². The number of nitrogens with one attached hydrogen (secondary N) is 1. The number of carbonyl (C=O) groups is 3. The van der Waals surface area contributed by atoms with E-state index in [9.17, 15) is 39.9 Å². The summed E-state index contributed by atoms with van der Waals surface area (Å²) < 4.78 is 46.7. The molecule has 0 saturated carbocycles. The number of aliphatic hydroxyl groups excluding tert-OH is 2. The number of aliphatic hydroxyl groups is 2. The van der Waals surface area contributed by atoms with E-state index in [-0.39, 0.29) is 70.7 Å². The second-order valence-corrected chi connectivity index (χ2v) is 15.8. The molecule has 0 unspecified atom stereocenters. The van der Waals surface area contributed by atoms with E-state index in [1.54, 1.807) is 44.9 Å². The van der Waals surface area contributed by atoms with Gasteiger partial charge in [-0.3, -0.25) is 19.4 Å². The van der Waals surface area contributed by atoms with Crippen LogP contribution in [-0.4, -0.2) is 130 Å². The molecule has 1 saturated heterocycles. The van der Waals surface area contributed by atoms with Crippen LogP contribution in [0.25, 0.3) is 10.8 Å². The predicted molar refractivity (Wildman–Crippen MR) is 220 cm³/mol. The number of anilines is 1. The molecule has 2 aromatic carbocycles. The van der Waals surface area contributed by atoms with Gasteiger partial charge in [-0.1, -0.05) is 45.9 Å². The number of hydrogen-bond donors (Lipinski definition) is 6. The fraction of sp³-hybridized carbons (Fsp3) is 0.535. The maximum Gasteiger partial charge on any atom is 0.312 e. The van der Waals surface area contributed by atoms with Gasteiger partial charge in [-0.05, 0) is 26.9 Å². The van der Waals surface area contributed by atoms with E-state index < -0.39 is 95.8 Å². The zero-order valence-corrected chi connectivity index (χ0v) is 34.8. The number of esters is 1. The molecule has 4 aliphatic rings. The summed E-state index contributed by atoms with van der Waals surface area (Å²) in [7, 11) is 1.42. The Kier molecular flexibility index (Phi) is 12.4. The van der Waals surface area contributed by atoms with Gasteiger partial charge in [0, 0.05) is 91.4 Å². The van der Waals surface area contributed by atoms with Crippen LogP contribution in [0.3, 0.4) is 0 Å². The number of aromatic hydroxyl groups is 3. The van der Waals surface area contributed by atoms with Crippen LogP contribution in [0.15, 0.2) is 41.2 Å². The van der Waals surface area contributed by atoms with Crippen molar-refractivity contribution < 1.29 is 63.0 Å². The molecule has 322 valence electrons. The molecular formula is C43H58N4O12. The number of hydrazone groups is 1. The van der Waals surface area contributed by atoms with E-state index in [0.29, 0.717) is 0 Å². The third-order valence-electron chi connectivity index (χ3n) is 11.6. The number of methoxy groups -OCH3 is 1. The molecule has 59 heavy (non-hydrogen) atoms. The fourth-order valence-corrected chi connectivity index (χ4v) is 7.82. The molecule has 1 amide bonds. The van der Waals surface area contributed by atoms with Crippen molar-refractivity contribution in [1.82, 2.24) is 9.91 Å². The molecular weight excluding hydrogens is 764 g/mol. The summed E-state index contributed by atoms with van der Waals surface area (Å²) in [6.07, 6.45) is 4.45. The largest absolute Gasteiger partial charge is 0.507 e. The Labute approximate surface area is 348 Å². The summed E-state index contributed by atoms with van der Waals surface area (Å²) in [4.78, 5) is 41.9. The molecule has 0 aromatic heterocycles. The standard InChI is InChI=1S/C43H58N4O12/c1-21-12-11-13-22(2)42(55)45-33-28(20-44-47-17-15-46(9)16-18-47)37(52)30-31(38(33)53)36(51)26(6)40-32(30)41(54)43(8,59-40)57-19-14-29(56-10)23(3)39(58-27(7)48)25(5)35(50)24(4)34(21)49/h11-14,19-21,23-25,29,34-35,39,49-53H,15-18H2,1-10H3,(H,45,55)/b12-11?,19-14?,22-13?,44-20+/t21-,23-,24+,25+,29-,34-,35+,39+,43-/m0/s1/i9D3. The number of ketones is 1. The number of piperazine rings is 1. The Morgan fingerprint density at radius 2 is 1.66 bits per heavy atom. The monoisotopic (exact) mass is 825 g/mol. The zero-order chi connectivity index (χ0) is 46.2. The van der Waals surface area contributed by atoms with Gasteiger partial charge < -0.3 is 54.7 Å². The minimum atomic E-state index is -2.30. The van der Waals surface area contributed by atoms with Crippen LogP contribution in [0.5, 0.6) is 23.0 Å². The highest BCUT2D eigenvalue weighted by atomic mass is 16.7. The molecule has 0 aliphatic carbocycles. The Morgan fingerprint density at radius 3 is 2.29 bits per heavy atom. The smallest absolute Gasteiger partial charge is 0.312 e. The van der Waals surface area contributed by atoms with Crippen molar-refractivity contribution in [3.05, 3.63) is 52.8 Å². The summed E-state index contributed by atoms with van der Waals surface area (Å²) in [6.45, 7) is 10.7. The summed E-state index contributed by atoms with van der Waals surface area (Å²) in [5.41, 5.74) is -0.716. The van der Waals surface area contributed by atoms with E-state index in [0.717, 1.165) is 6.21 Å². The van der Waals surface area contributed by atoms with Crippen LogP contribution < -0.4 is 10.1 Å². The molecule has 0 spiro atoms. The molecule has 9 atom stereocenters. The number of rotatable bonds is 4. The van der Waals surface area contributed by atoms with Crippen molar-refractivity contribution in [2.75, 3.05) is 45.6 Å². The van der Waals surface area contributed by atoms with Crippen molar-refractivity contribution in [3.8, 4) is 23.0 Å². The molecule has 2 aromatic rings. The molecule has 6 N–H and O–H groups in total. The van der Waals surface area contributed by atoms with Crippen LogP contribution in [0, 0.1) is 30.6 Å². The third-order valence-corrected chi connectivity index (χ3v) is 11.6. The zero-order valence-electron chi connectivity index (χ0n) is 37.8. The first kappa shape index (κ1) is 40.6. The quantitative estimate of drug-likeness (QED) is 0.109. The highest BCUT2D eigenvalue weighted by Gasteiger charge is 2.50. The normalized spacial score (nSPS) is 31.1. The predicted octanol–water partition coefficient (Wildman–Crippen LogP) is 4.34. The Bertz CT molecular complexity index is 2180. The van der Waals surface area contributed by atoms with Gasteiger partial charge in [-0.2, -0.15) is 5.10 Å². The van der Waals surface area contributed by atoms with Gasteiger partial charge in [-0.15, -0.1) is 0 Å². The van der Waals surface area contributed by atoms with Crippen molar-refractivity contribution >= 4 is 40.3 Å². The van der Waals surface area contributed by atoms with Crippen LogP contribution >= 0.6 is 0 Å². The van der Waals surface area contributed by atoms with Crippen molar-refractivity contribution in [3.63, 3.8) is 0 Å². The second-order valence-electron chi connectivity index (χ2n) is 15.8. The summed E-state index contributed by atoms with van der Waals surface area (Å²) in [5.74, 6) is -8.92. The Balaban J connectivity index is 1.69. The second kappa shape index (κ2) is 18.0. The Hall–Kier alpha value is -5.16. The van der Waals surface area contributed by atoms with Gasteiger partial charge in [0.2, 0.25) is 0 Å². The SMILES string of the molecule is [2H]C([2H])([2H])N1CCN(/N=C/c2c3c(O)c4c(O)c(C)c5c(c4c2O)C(=O)[C@@](C)(OC=C[C@H](OC)[C@H](C)[C@@H](OC(C)=O)[C@H](C)[C@H](O)[C@H](C)[C@@H](O)[C@@H](C)C=CC=C(C)C(=O)N3)O5)CC1. The van der Waals surface area contributed by atoms with Gasteiger partial charge in [0.05, 0.1) is 53.0 Å². The lowest BCUT2D eigenvalue weighted by Gasteiger charge is -2.38. The molecule has 4 aliphatic heterocycles. The first-order valence-corrected chi connectivity index (χ1v) is 19.6. The van der Waals surface area contributed by atoms with Crippen LogP contribution in [-0.2, 0) is 23.8 Å². The Morgan fingerprint density at radius 1 is 0.983 bits per heavy atom. The molecule has 16 heteroatoms. The number of carbonyl (C=O) groups excluding carboxylic acids is 3.